The summed E-state index contributed by atoms with van der Waals surface area (Å²) >= 11 is 0. The van der Waals surface area contributed by atoms with Crippen molar-refractivity contribution in [3.8, 4) is 0 Å². The number of carbonyl (C=O) groups excluding carboxylic acids is 1. The zero-order valence-electron chi connectivity index (χ0n) is 15.1. The lowest BCUT2D eigenvalue weighted by Crippen LogP contribution is -2.40. The van der Waals surface area contributed by atoms with Crippen molar-refractivity contribution in [3.63, 3.8) is 0 Å². The normalized spacial score (nSPS) is 19.3. The summed E-state index contributed by atoms with van der Waals surface area (Å²) in [6.07, 6.45) is 7.51. The van der Waals surface area contributed by atoms with Gasteiger partial charge in [-0.2, -0.15) is 5.10 Å². The fraction of sp³-hybridized carbons (Fsp3) is 0.579. The van der Waals surface area contributed by atoms with Crippen molar-refractivity contribution in [1.82, 2.24) is 19.8 Å². The standard InChI is InChI=1S/C19H27N5O2/c25-16-4-9-22(10-5-16)12-6-20-19(26)17-14-21-24-11-3-15(13-18(17)24)23-7-1-2-8-23/h3,11,13-14,16,25H,1-2,4-10,12H2,(H,20,26). The van der Waals surface area contributed by atoms with Gasteiger partial charge >= 0.3 is 0 Å². The Morgan fingerprint density at radius 2 is 2.00 bits per heavy atom. The SMILES string of the molecule is O=C(NCCN1CCC(O)CC1)c1cnn2ccc(N3CCCC3)cc12. The average Bonchev–Trinajstić information content (AvgIpc) is 3.32. The maximum atomic E-state index is 12.6. The molecule has 0 saturated carbocycles. The van der Waals surface area contributed by atoms with Gasteiger partial charge in [0.1, 0.15) is 0 Å². The zero-order chi connectivity index (χ0) is 17.9. The smallest absolute Gasteiger partial charge is 0.255 e. The maximum Gasteiger partial charge on any atom is 0.255 e. The monoisotopic (exact) mass is 357 g/mol. The van der Waals surface area contributed by atoms with Crippen LogP contribution in [0.4, 0.5) is 5.69 Å². The lowest BCUT2D eigenvalue weighted by atomic mass is 10.1. The fourth-order valence-electron chi connectivity index (χ4n) is 3.88. The summed E-state index contributed by atoms with van der Waals surface area (Å²) in [6, 6.07) is 4.14. The topological polar surface area (TPSA) is 73.1 Å². The Bertz CT molecular complexity index is 760. The van der Waals surface area contributed by atoms with Gasteiger partial charge in [-0.1, -0.05) is 0 Å². The number of hydrogen-bond acceptors (Lipinski definition) is 5. The summed E-state index contributed by atoms with van der Waals surface area (Å²) in [7, 11) is 0. The summed E-state index contributed by atoms with van der Waals surface area (Å²) in [4.78, 5) is 17.3. The molecular weight excluding hydrogens is 330 g/mol. The Kier molecular flexibility index (Phi) is 5.08. The van der Waals surface area contributed by atoms with Crippen molar-refractivity contribution in [2.45, 2.75) is 31.8 Å². The van der Waals surface area contributed by atoms with Crippen LogP contribution in [-0.4, -0.2) is 70.9 Å². The van der Waals surface area contributed by atoms with Gasteiger partial charge in [0.05, 0.1) is 23.4 Å². The van der Waals surface area contributed by atoms with Crippen LogP contribution in [0.2, 0.25) is 0 Å². The van der Waals surface area contributed by atoms with E-state index >= 15 is 0 Å². The Morgan fingerprint density at radius 1 is 1.23 bits per heavy atom. The molecule has 0 atom stereocenters. The molecule has 4 heterocycles. The molecule has 0 spiro atoms. The largest absolute Gasteiger partial charge is 0.393 e. The minimum absolute atomic E-state index is 0.0735. The van der Waals surface area contributed by atoms with Crippen LogP contribution >= 0.6 is 0 Å². The lowest BCUT2D eigenvalue weighted by Gasteiger charge is -2.29. The molecule has 2 N–H and O–H groups in total. The molecule has 0 aliphatic carbocycles. The number of aliphatic hydroxyl groups is 1. The van der Waals surface area contributed by atoms with Crippen LogP contribution in [-0.2, 0) is 0 Å². The number of likely N-dealkylation sites (tertiary alicyclic amines) is 1. The van der Waals surface area contributed by atoms with E-state index in [-0.39, 0.29) is 12.0 Å². The number of aromatic nitrogens is 2. The Morgan fingerprint density at radius 3 is 2.77 bits per heavy atom. The van der Waals surface area contributed by atoms with Crippen LogP contribution in [0, 0.1) is 0 Å². The minimum atomic E-state index is -0.163. The summed E-state index contributed by atoms with van der Waals surface area (Å²) in [6.45, 7) is 5.38. The molecule has 2 aromatic rings. The molecule has 0 aromatic carbocycles. The number of anilines is 1. The van der Waals surface area contributed by atoms with E-state index in [1.54, 1.807) is 10.7 Å². The molecule has 0 radical (unpaired) electrons. The van der Waals surface area contributed by atoms with E-state index in [0.717, 1.165) is 56.8 Å². The van der Waals surface area contributed by atoms with Crippen LogP contribution in [0.25, 0.3) is 5.52 Å². The zero-order valence-corrected chi connectivity index (χ0v) is 15.1. The number of pyridine rings is 1. The second-order valence-electron chi connectivity index (χ2n) is 7.30. The van der Waals surface area contributed by atoms with Gasteiger partial charge in [0.2, 0.25) is 0 Å². The van der Waals surface area contributed by atoms with Crippen LogP contribution in [0.5, 0.6) is 0 Å². The number of piperidine rings is 1. The van der Waals surface area contributed by atoms with E-state index in [4.69, 9.17) is 0 Å². The second kappa shape index (κ2) is 7.63. The first-order chi connectivity index (χ1) is 12.7. The third-order valence-electron chi connectivity index (χ3n) is 5.49. The molecular formula is C19H27N5O2. The third-order valence-corrected chi connectivity index (χ3v) is 5.49. The number of nitrogens with zero attached hydrogens (tertiary/aromatic N) is 4. The highest BCUT2D eigenvalue weighted by Gasteiger charge is 2.18. The van der Waals surface area contributed by atoms with Crippen molar-refractivity contribution < 1.29 is 9.90 Å². The van der Waals surface area contributed by atoms with Gasteiger partial charge < -0.3 is 20.2 Å². The van der Waals surface area contributed by atoms with E-state index in [1.807, 2.05) is 6.20 Å². The van der Waals surface area contributed by atoms with E-state index in [0.29, 0.717) is 12.1 Å². The number of hydrogen-bond donors (Lipinski definition) is 2. The van der Waals surface area contributed by atoms with Gasteiger partial charge in [0.25, 0.3) is 5.91 Å². The fourth-order valence-corrected chi connectivity index (χ4v) is 3.88. The van der Waals surface area contributed by atoms with Crippen molar-refractivity contribution in [3.05, 3.63) is 30.1 Å². The molecule has 2 aliphatic rings. The molecule has 2 aliphatic heterocycles. The summed E-state index contributed by atoms with van der Waals surface area (Å²) in [5.41, 5.74) is 2.64. The van der Waals surface area contributed by atoms with Gasteiger partial charge in [0, 0.05) is 51.2 Å². The Balaban J connectivity index is 1.39. The lowest BCUT2D eigenvalue weighted by molar-refractivity contribution is 0.0805. The predicted molar refractivity (Wildman–Crippen MR) is 101 cm³/mol. The number of nitrogens with one attached hydrogen (secondary N) is 1. The number of amides is 1. The number of fused-ring (bicyclic) bond motifs is 1. The number of aliphatic hydroxyl groups excluding tert-OH is 1. The molecule has 4 rings (SSSR count). The molecule has 2 saturated heterocycles. The van der Waals surface area contributed by atoms with E-state index in [9.17, 15) is 9.90 Å². The van der Waals surface area contributed by atoms with E-state index in [2.05, 4.69) is 32.3 Å². The van der Waals surface area contributed by atoms with Gasteiger partial charge in [0.15, 0.2) is 0 Å². The maximum absolute atomic E-state index is 12.6. The highest BCUT2D eigenvalue weighted by atomic mass is 16.3. The molecule has 2 fully saturated rings. The highest BCUT2D eigenvalue weighted by Crippen LogP contribution is 2.23. The van der Waals surface area contributed by atoms with Crippen molar-refractivity contribution in [2.24, 2.45) is 0 Å². The first-order valence-corrected chi connectivity index (χ1v) is 9.62. The van der Waals surface area contributed by atoms with Gasteiger partial charge in [-0.15, -0.1) is 0 Å². The van der Waals surface area contributed by atoms with Gasteiger partial charge in [-0.05, 0) is 37.8 Å². The van der Waals surface area contributed by atoms with E-state index < -0.39 is 0 Å². The molecule has 7 nitrogen and oxygen atoms in total. The van der Waals surface area contributed by atoms with Crippen LogP contribution < -0.4 is 10.2 Å². The summed E-state index contributed by atoms with van der Waals surface area (Å²) in [5, 5.41) is 16.9. The molecule has 1 amide bonds. The van der Waals surface area contributed by atoms with Crippen molar-refractivity contribution in [1.29, 1.82) is 0 Å². The Hall–Kier alpha value is -2.12. The predicted octanol–water partition coefficient (Wildman–Crippen LogP) is 1.12. The quantitative estimate of drug-likeness (QED) is 0.839. The third kappa shape index (κ3) is 3.68. The Labute approximate surface area is 153 Å². The molecule has 0 bridgehead atoms. The van der Waals surface area contributed by atoms with Crippen molar-refractivity contribution >= 4 is 17.1 Å². The number of carbonyl (C=O) groups is 1. The van der Waals surface area contributed by atoms with Crippen LogP contribution in [0.3, 0.4) is 0 Å². The van der Waals surface area contributed by atoms with Gasteiger partial charge in [-0.3, -0.25) is 4.79 Å². The van der Waals surface area contributed by atoms with Crippen molar-refractivity contribution in [2.75, 3.05) is 44.2 Å². The highest BCUT2D eigenvalue weighted by molar-refractivity contribution is 6.01. The summed E-state index contributed by atoms with van der Waals surface area (Å²) in [5.74, 6) is -0.0735. The average molecular weight is 357 g/mol. The minimum Gasteiger partial charge on any atom is -0.393 e. The molecule has 0 unspecified atom stereocenters. The molecule has 26 heavy (non-hydrogen) atoms. The molecule has 2 aromatic heterocycles. The molecule has 140 valence electrons. The molecule has 7 heteroatoms. The first kappa shape index (κ1) is 17.3. The second-order valence-corrected chi connectivity index (χ2v) is 7.30. The summed E-state index contributed by atoms with van der Waals surface area (Å²) < 4.78 is 1.76. The van der Waals surface area contributed by atoms with Gasteiger partial charge in [-0.25, -0.2) is 4.52 Å². The van der Waals surface area contributed by atoms with Crippen LogP contribution in [0.1, 0.15) is 36.0 Å². The van der Waals surface area contributed by atoms with E-state index in [1.165, 1.54) is 12.8 Å². The van der Waals surface area contributed by atoms with Crippen LogP contribution in [0.15, 0.2) is 24.5 Å². The number of rotatable bonds is 5. The first-order valence-electron chi connectivity index (χ1n) is 9.62.